The van der Waals surface area contributed by atoms with Crippen LogP contribution >= 0.6 is 11.6 Å². The Bertz CT molecular complexity index is 1570. The molecule has 0 spiro atoms. The highest BCUT2D eigenvalue weighted by atomic mass is 35.5. The standard InChI is InChI=1S/C27H22ClF2N5O3/c28-18-8-2-1-6-16(18)17-7-5-9-19(24(17)30)32-27(38)21-12-15(29)14-35(21)23(36)13-22-33-25(26(31)37)20-10-3-4-11-34(20)22/h1-11,15,21H,12-14H2,(H2,31,37)(H,32,38)/t15-,21+/m1/s1. The van der Waals surface area contributed by atoms with E-state index in [1.165, 1.54) is 12.1 Å². The van der Waals surface area contributed by atoms with Gasteiger partial charge in [-0.25, -0.2) is 13.8 Å². The SMILES string of the molecule is NC(=O)c1nc(CC(=O)N2C[C@H](F)C[C@H]2C(=O)Nc2cccc(-c3ccccc3Cl)c2F)n2ccccc12. The fourth-order valence-corrected chi connectivity index (χ4v) is 4.92. The summed E-state index contributed by atoms with van der Waals surface area (Å²) in [5.41, 5.74) is 6.36. The molecule has 3 amide bonds. The topological polar surface area (TPSA) is 110 Å². The second-order valence-electron chi connectivity index (χ2n) is 8.90. The van der Waals surface area contributed by atoms with Gasteiger partial charge in [-0.05, 0) is 24.3 Å². The van der Waals surface area contributed by atoms with E-state index in [9.17, 15) is 18.8 Å². The number of carbonyl (C=O) groups is 3. The van der Waals surface area contributed by atoms with E-state index in [0.29, 0.717) is 16.1 Å². The number of pyridine rings is 1. The third kappa shape index (κ3) is 4.70. The first-order chi connectivity index (χ1) is 18.2. The number of primary amides is 1. The van der Waals surface area contributed by atoms with Gasteiger partial charge in [0.2, 0.25) is 11.8 Å². The molecule has 1 aliphatic rings. The van der Waals surface area contributed by atoms with Gasteiger partial charge in [-0.2, -0.15) is 0 Å². The Kier molecular flexibility index (Phi) is 6.81. The Balaban J connectivity index is 1.38. The molecule has 11 heteroatoms. The maximum absolute atomic E-state index is 15.3. The minimum atomic E-state index is -1.44. The number of amides is 3. The molecule has 194 valence electrons. The number of likely N-dealkylation sites (tertiary alicyclic amines) is 1. The number of aromatic nitrogens is 2. The van der Waals surface area contributed by atoms with Crippen LogP contribution in [0.1, 0.15) is 22.7 Å². The van der Waals surface area contributed by atoms with Crippen LogP contribution in [0.2, 0.25) is 5.02 Å². The van der Waals surface area contributed by atoms with Crippen LogP contribution in [-0.4, -0.2) is 50.8 Å². The predicted molar refractivity (Wildman–Crippen MR) is 138 cm³/mol. The lowest BCUT2D eigenvalue weighted by molar-refractivity contribution is -0.136. The van der Waals surface area contributed by atoms with Gasteiger partial charge in [-0.3, -0.25) is 14.4 Å². The number of hydrogen-bond donors (Lipinski definition) is 2. The molecule has 0 aliphatic carbocycles. The van der Waals surface area contributed by atoms with Crippen LogP contribution in [0.3, 0.4) is 0 Å². The third-order valence-corrected chi connectivity index (χ3v) is 6.79. The Morgan fingerprint density at radius 2 is 1.79 bits per heavy atom. The van der Waals surface area contributed by atoms with Crippen LogP contribution in [0.4, 0.5) is 14.5 Å². The summed E-state index contributed by atoms with van der Waals surface area (Å²) < 4.78 is 31.3. The first kappa shape index (κ1) is 25.3. The average molecular weight is 538 g/mol. The summed E-state index contributed by atoms with van der Waals surface area (Å²) in [7, 11) is 0. The van der Waals surface area contributed by atoms with Gasteiger partial charge < -0.3 is 20.4 Å². The Hall–Kier alpha value is -4.31. The van der Waals surface area contributed by atoms with Gasteiger partial charge in [-0.15, -0.1) is 0 Å². The van der Waals surface area contributed by atoms with Gasteiger partial charge in [0, 0.05) is 28.8 Å². The molecule has 0 saturated carbocycles. The van der Waals surface area contributed by atoms with E-state index in [0.717, 1.165) is 4.90 Å². The number of anilines is 1. The van der Waals surface area contributed by atoms with Gasteiger partial charge in [0.1, 0.15) is 18.0 Å². The summed E-state index contributed by atoms with van der Waals surface area (Å²) in [4.78, 5) is 43.5. The van der Waals surface area contributed by atoms with Crippen molar-refractivity contribution in [2.75, 3.05) is 11.9 Å². The fraction of sp³-hybridized carbons (Fsp3) is 0.185. The van der Waals surface area contributed by atoms with Crippen molar-refractivity contribution < 1.29 is 23.2 Å². The monoisotopic (exact) mass is 537 g/mol. The Morgan fingerprint density at radius 3 is 2.55 bits per heavy atom. The molecule has 4 aromatic rings. The second kappa shape index (κ2) is 10.2. The van der Waals surface area contributed by atoms with E-state index in [2.05, 4.69) is 10.3 Å². The van der Waals surface area contributed by atoms with Crippen molar-refractivity contribution in [3.8, 4) is 11.1 Å². The molecule has 2 aromatic carbocycles. The summed E-state index contributed by atoms with van der Waals surface area (Å²) in [6.45, 7) is -0.301. The number of rotatable bonds is 6. The van der Waals surface area contributed by atoms with Crippen molar-refractivity contribution in [2.24, 2.45) is 5.73 Å². The zero-order chi connectivity index (χ0) is 27.0. The molecule has 3 N–H and O–H groups in total. The molecular formula is C27H22ClF2N5O3. The molecule has 5 rings (SSSR count). The van der Waals surface area contributed by atoms with Crippen molar-refractivity contribution in [1.29, 1.82) is 0 Å². The van der Waals surface area contributed by atoms with E-state index in [4.69, 9.17) is 17.3 Å². The first-order valence-electron chi connectivity index (χ1n) is 11.8. The van der Waals surface area contributed by atoms with E-state index in [1.807, 2.05) is 0 Å². The zero-order valence-electron chi connectivity index (χ0n) is 19.9. The lowest BCUT2D eigenvalue weighted by Crippen LogP contribution is -2.44. The van der Waals surface area contributed by atoms with Crippen LogP contribution in [-0.2, 0) is 16.0 Å². The Morgan fingerprint density at radius 1 is 1.05 bits per heavy atom. The van der Waals surface area contributed by atoms with Gasteiger partial charge in [0.25, 0.3) is 5.91 Å². The lowest BCUT2D eigenvalue weighted by atomic mass is 10.0. The number of halogens is 3. The average Bonchev–Trinajstić information content (AvgIpc) is 3.47. The number of nitrogens with zero attached hydrogens (tertiary/aromatic N) is 3. The summed E-state index contributed by atoms with van der Waals surface area (Å²) in [6.07, 6.45) is -0.353. The van der Waals surface area contributed by atoms with Crippen molar-refractivity contribution >= 4 is 40.5 Å². The number of alkyl halides is 1. The van der Waals surface area contributed by atoms with Crippen molar-refractivity contribution in [1.82, 2.24) is 14.3 Å². The smallest absolute Gasteiger partial charge is 0.269 e. The van der Waals surface area contributed by atoms with Gasteiger partial charge in [-0.1, -0.05) is 48.0 Å². The molecule has 8 nitrogen and oxygen atoms in total. The molecule has 2 atom stereocenters. The molecule has 1 saturated heterocycles. The predicted octanol–water partition coefficient (Wildman–Crippen LogP) is 4.01. The molecule has 3 heterocycles. The van der Waals surface area contributed by atoms with Crippen molar-refractivity contribution in [3.63, 3.8) is 0 Å². The first-order valence-corrected chi connectivity index (χ1v) is 12.2. The summed E-state index contributed by atoms with van der Waals surface area (Å²) in [5, 5.41) is 2.84. The van der Waals surface area contributed by atoms with Gasteiger partial charge >= 0.3 is 0 Å². The number of imidazole rings is 1. The minimum Gasteiger partial charge on any atom is -0.364 e. The summed E-state index contributed by atoms with van der Waals surface area (Å²) >= 11 is 6.21. The molecule has 38 heavy (non-hydrogen) atoms. The minimum absolute atomic E-state index is 0.00126. The number of nitrogens with one attached hydrogen (secondary N) is 1. The molecule has 1 fully saturated rings. The number of nitrogens with two attached hydrogens (primary N) is 1. The van der Waals surface area contributed by atoms with Crippen molar-refractivity contribution in [3.05, 3.63) is 89.2 Å². The normalized spacial score (nSPS) is 17.1. The van der Waals surface area contributed by atoms with Crippen LogP contribution < -0.4 is 11.1 Å². The van der Waals surface area contributed by atoms with E-state index in [-0.39, 0.29) is 42.2 Å². The molecular weight excluding hydrogens is 516 g/mol. The number of hydrogen-bond acceptors (Lipinski definition) is 4. The summed E-state index contributed by atoms with van der Waals surface area (Å²) in [6, 6.07) is 15.0. The van der Waals surface area contributed by atoms with Gasteiger partial charge in [0.15, 0.2) is 11.5 Å². The number of fused-ring (bicyclic) bond motifs is 1. The van der Waals surface area contributed by atoms with Crippen LogP contribution in [0.5, 0.6) is 0 Å². The maximum atomic E-state index is 15.3. The lowest BCUT2D eigenvalue weighted by Gasteiger charge is -2.23. The zero-order valence-corrected chi connectivity index (χ0v) is 20.7. The third-order valence-electron chi connectivity index (χ3n) is 6.46. The number of benzene rings is 2. The molecule has 1 aliphatic heterocycles. The molecule has 0 unspecified atom stereocenters. The van der Waals surface area contributed by atoms with Crippen LogP contribution in [0.25, 0.3) is 16.6 Å². The number of carbonyl (C=O) groups excluding carboxylic acids is 3. The van der Waals surface area contributed by atoms with E-state index in [1.54, 1.807) is 59.1 Å². The summed E-state index contributed by atoms with van der Waals surface area (Å²) in [5.74, 6) is -2.53. The van der Waals surface area contributed by atoms with Crippen LogP contribution in [0, 0.1) is 5.82 Å². The Labute approximate surface area is 221 Å². The van der Waals surface area contributed by atoms with E-state index < -0.39 is 35.8 Å². The van der Waals surface area contributed by atoms with Crippen molar-refractivity contribution in [2.45, 2.75) is 25.1 Å². The highest BCUT2D eigenvalue weighted by Gasteiger charge is 2.40. The highest BCUT2D eigenvalue weighted by molar-refractivity contribution is 6.33. The highest BCUT2D eigenvalue weighted by Crippen LogP contribution is 2.33. The quantitative estimate of drug-likeness (QED) is 0.387. The molecule has 2 aromatic heterocycles. The van der Waals surface area contributed by atoms with Crippen LogP contribution in [0.15, 0.2) is 66.9 Å². The van der Waals surface area contributed by atoms with E-state index >= 15 is 4.39 Å². The largest absolute Gasteiger partial charge is 0.364 e. The maximum Gasteiger partial charge on any atom is 0.269 e. The van der Waals surface area contributed by atoms with Gasteiger partial charge in [0.05, 0.1) is 24.2 Å². The second-order valence-corrected chi connectivity index (χ2v) is 9.31. The molecule has 0 bridgehead atoms. The fourth-order valence-electron chi connectivity index (χ4n) is 4.69. The molecule has 0 radical (unpaired) electrons.